The standard InChI is InChI=1S/C22H28N4O2/c27-21(14-23-22(28)17-9-4-5-10-17)25-19-11-6-12-20-18(19)13-24-26(20)15-16-7-2-1-3-8-16/h1-3,7-8,13,17,19H,4-6,9-12,14-15H2,(H,23,28)(H,25,27). The second-order valence-corrected chi connectivity index (χ2v) is 7.90. The Labute approximate surface area is 165 Å². The van der Waals surface area contributed by atoms with Crippen molar-refractivity contribution in [2.75, 3.05) is 6.54 Å². The zero-order chi connectivity index (χ0) is 19.3. The van der Waals surface area contributed by atoms with Gasteiger partial charge in [0.1, 0.15) is 0 Å². The highest BCUT2D eigenvalue weighted by atomic mass is 16.2. The fourth-order valence-corrected chi connectivity index (χ4v) is 4.41. The van der Waals surface area contributed by atoms with E-state index in [4.69, 9.17) is 0 Å². The summed E-state index contributed by atoms with van der Waals surface area (Å²) in [6.45, 7) is 0.799. The Morgan fingerprint density at radius 2 is 1.86 bits per heavy atom. The van der Waals surface area contributed by atoms with Gasteiger partial charge in [-0.25, -0.2) is 0 Å². The van der Waals surface area contributed by atoms with Gasteiger partial charge in [-0.05, 0) is 37.7 Å². The summed E-state index contributed by atoms with van der Waals surface area (Å²) < 4.78 is 2.05. The number of hydrogen-bond acceptors (Lipinski definition) is 3. The molecule has 0 saturated heterocycles. The lowest BCUT2D eigenvalue weighted by molar-refractivity contribution is -0.128. The van der Waals surface area contributed by atoms with E-state index < -0.39 is 0 Å². The van der Waals surface area contributed by atoms with Crippen LogP contribution in [0.15, 0.2) is 36.5 Å². The highest BCUT2D eigenvalue weighted by Gasteiger charge is 2.26. The molecule has 6 heteroatoms. The van der Waals surface area contributed by atoms with Crippen LogP contribution >= 0.6 is 0 Å². The maximum Gasteiger partial charge on any atom is 0.239 e. The van der Waals surface area contributed by atoms with Crippen LogP contribution in [-0.2, 0) is 22.6 Å². The van der Waals surface area contributed by atoms with Crippen LogP contribution in [-0.4, -0.2) is 28.1 Å². The average Bonchev–Trinajstić information content (AvgIpc) is 3.38. The van der Waals surface area contributed by atoms with Gasteiger partial charge in [0.05, 0.1) is 25.3 Å². The van der Waals surface area contributed by atoms with Crippen LogP contribution in [0.25, 0.3) is 0 Å². The highest BCUT2D eigenvalue weighted by Crippen LogP contribution is 2.30. The van der Waals surface area contributed by atoms with E-state index in [0.717, 1.165) is 57.1 Å². The third-order valence-electron chi connectivity index (χ3n) is 5.92. The zero-order valence-corrected chi connectivity index (χ0v) is 16.2. The fraction of sp³-hybridized carbons (Fsp3) is 0.500. The zero-order valence-electron chi connectivity index (χ0n) is 16.2. The van der Waals surface area contributed by atoms with Crippen LogP contribution in [0.3, 0.4) is 0 Å². The van der Waals surface area contributed by atoms with E-state index in [1.165, 1.54) is 11.3 Å². The van der Waals surface area contributed by atoms with E-state index in [9.17, 15) is 9.59 Å². The van der Waals surface area contributed by atoms with Crippen molar-refractivity contribution in [3.63, 3.8) is 0 Å². The van der Waals surface area contributed by atoms with Crippen LogP contribution in [0.5, 0.6) is 0 Å². The molecule has 2 aromatic rings. The van der Waals surface area contributed by atoms with Gasteiger partial charge in [-0.2, -0.15) is 5.10 Å². The predicted molar refractivity (Wildman–Crippen MR) is 107 cm³/mol. The van der Waals surface area contributed by atoms with Crippen molar-refractivity contribution >= 4 is 11.8 Å². The van der Waals surface area contributed by atoms with Crippen molar-refractivity contribution in [2.45, 2.75) is 57.5 Å². The van der Waals surface area contributed by atoms with Gasteiger partial charge in [0, 0.05) is 17.2 Å². The van der Waals surface area contributed by atoms with E-state index in [1.54, 1.807) is 0 Å². The molecule has 0 aliphatic heterocycles. The molecule has 2 amide bonds. The number of rotatable bonds is 6. The van der Waals surface area contributed by atoms with Gasteiger partial charge in [0.25, 0.3) is 0 Å². The van der Waals surface area contributed by atoms with E-state index in [-0.39, 0.29) is 30.3 Å². The molecule has 1 unspecified atom stereocenters. The smallest absolute Gasteiger partial charge is 0.239 e. The largest absolute Gasteiger partial charge is 0.348 e. The van der Waals surface area contributed by atoms with Crippen molar-refractivity contribution in [2.24, 2.45) is 5.92 Å². The van der Waals surface area contributed by atoms with Gasteiger partial charge in [-0.15, -0.1) is 0 Å². The Hall–Kier alpha value is -2.63. The maximum absolute atomic E-state index is 12.4. The molecular weight excluding hydrogens is 352 g/mol. The first-order chi connectivity index (χ1) is 13.7. The van der Waals surface area contributed by atoms with Crippen molar-refractivity contribution in [1.82, 2.24) is 20.4 Å². The Balaban J connectivity index is 1.35. The number of nitrogens with zero attached hydrogens (tertiary/aromatic N) is 2. The SMILES string of the molecule is O=C(CNC(=O)C1CCCC1)NC1CCCc2c1cnn2Cc1ccccc1. The Kier molecular flexibility index (Phi) is 5.74. The lowest BCUT2D eigenvalue weighted by Gasteiger charge is -2.24. The molecule has 1 fully saturated rings. The second kappa shape index (κ2) is 8.59. The minimum absolute atomic E-state index is 0.0210. The molecule has 2 N–H and O–H groups in total. The third kappa shape index (κ3) is 4.26. The Bertz CT molecular complexity index is 824. The van der Waals surface area contributed by atoms with E-state index in [2.05, 4.69) is 27.9 Å². The van der Waals surface area contributed by atoms with Gasteiger partial charge in [0.2, 0.25) is 11.8 Å². The summed E-state index contributed by atoms with van der Waals surface area (Å²) in [6, 6.07) is 10.3. The predicted octanol–water partition coefficient (Wildman–Crippen LogP) is 2.73. The minimum Gasteiger partial charge on any atom is -0.348 e. The normalized spacial score (nSPS) is 19.2. The quantitative estimate of drug-likeness (QED) is 0.809. The Morgan fingerprint density at radius 1 is 1.07 bits per heavy atom. The number of benzene rings is 1. The van der Waals surface area contributed by atoms with Crippen LogP contribution in [0.4, 0.5) is 0 Å². The molecule has 6 nitrogen and oxygen atoms in total. The summed E-state index contributed by atoms with van der Waals surface area (Å²) in [7, 11) is 0. The molecule has 1 saturated carbocycles. The number of fused-ring (bicyclic) bond motifs is 1. The third-order valence-corrected chi connectivity index (χ3v) is 5.92. The molecule has 0 spiro atoms. The summed E-state index contributed by atoms with van der Waals surface area (Å²) in [4.78, 5) is 24.5. The van der Waals surface area contributed by atoms with E-state index in [1.807, 2.05) is 29.1 Å². The average molecular weight is 380 g/mol. The molecule has 2 aliphatic rings. The molecule has 1 atom stereocenters. The molecule has 1 aromatic heterocycles. The van der Waals surface area contributed by atoms with Gasteiger partial charge in [-0.1, -0.05) is 43.2 Å². The second-order valence-electron chi connectivity index (χ2n) is 7.90. The number of aromatic nitrogens is 2. The Morgan fingerprint density at radius 3 is 2.64 bits per heavy atom. The van der Waals surface area contributed by atoms with Gasteiger partial charge in [0.15, 0.2) is 0 Å². The van der Waals surface area contributed by atoms with Crippen LogP contribution < -0.4 is 10.6 Å². The topological polar surface area (TPSA) is 76.0 Å². The molecule has 1 aromatic carbocycles. The lowest BCUT2D eigenvalue weighted by atomic mass is 9.93. The number of amides is 2. The van der Waals surface area contributed by atoms with Crippen molar-refractivity contribution in [1.29, 1.82) is 0 Å². The molecule has 4 rings (SSSR count). The van der Waals surface area contributed by atoms with Crippen LogP contribution in [0, 0.1) is 5.92 Å². The van der Waals surface area contributed by atoms with Gasteiger partial charge < -0.3 is 10.6 Å². The van der Waals surface area contributed by atoms with Crippen molar-refractivity contribution in [3.8, 4) is 0 Å². The number of hydrogen-bond donors (Lipinski definition) is 2. The molecule has 1 heterocycles. The maximum atomic E-state index is 12.4. The summed E-state index contributed by atoms with van der Waals surface area (Å²) in [5, 5.41) is 10.5. The number of carbonyl (C=O) groups is 2. The molecule has 0 bridgehead atoms. The molecule has 28 heavy (non-hydrogen) atoms. The van der Waals surface area contributed by atoms with Crippen molar-refractivity contribution in [3.05, 3.63) is 53.3 Å². The fourth-order valence-electron chi connectivity index (χ4n) is 4.41. The van der Waals surface area contributed by atoms with E-state index in [0.29, 0.717) is 0 Å². The summed E-state index contributed by atoms with van der Waals surface area (Å²) in [5.41, 5.74) is 3.53. The highest BCUT2D eigenvalue weighted by molar-refractivity contribution is 5.86. The summed E-state index contributed by atoms with van der Waals surface area (Å²) in [6.07, 6.45) is 8.91. The van der Waals surface area contributed by atoms with Crippen LogP contribution in [0.1, 0.15) is 61.4 Å². The first-order valence-corrected chi connectivity index (χ1v) is 10.4. The monoisotopic (exact) mass is 380 g/mol. The summed E-state index contributed by atoms with van der Waals surface area (Å²) in [5.74, 6) is -0.0158. The lowest BCUT2D eigenvalue weighted by Crippen LogP contribution is -2.41. The summed E-state index contributed by atoms with van der Waals surface area (Å²) >= 11 is 0. The molecule has 0 radical (unpaired) electrons. The van der Waals surface area contributed by atoms with Crippen LogP contribution in [0.2, 0.25) is 0 Å². The number of nitrogens with one attached hydrogen (secondary N) is 2. The van der Waals surface area contributed by atoms with Crippen molar-refractivity contribution < 1.29 is 9.59 Å². The first-order valence-electron chi connectivity index (χ1n) is 10.4. The first kappa shape index (κ1) is 18.7. The van der Waals surface area contributed by atoms with E-state index >= 15 is 0 Å². The molecular formula is C22H28N4O2. The molecule has 148 valence electrons. The minimum atomic E-state index is -0.125. The molecule has 2 aliphatic carbocycles. The van der Waals surface area contributed by atoms with Gasteiger partial charge in [-0.3, -0.25) is 14.3 Å². The van der Waals surface area contributed by atoms with Gasteiger partial charge >= 0.3 is 0 Å². The number of carbonyl (C=O) groups excluding carboxylic acids is 2.